The minimum atomic E-state index is -3.64. The molecule has 2 aromatic carbocycles. The van der Waals surface area contributed by atoms with Crippen LogP contribution in [0.2, 0.25) is 5.02 Å². The number of nitrogens with one attached hydrogen (secondary N) is 1. The fourth-order valence-corrected chi connectivity index (χ4v) is 5.28. The van der Waals surface area contributed by atoms with E-state index in [0.29, 0.717) is 37.6 Å². The third kappa shape index (κ3) is 5.74. The van der Waals surface area contributed by atoms with Gasteiger partial charge in [0.2, 0.25) is 15.9 Å². The van der Waals surface area contributed by atoms with Crippen LogP contribution in [-0.4, -0.2) is 44.9 Å². The molecule has 1 aliphatic rings. The van der Waals surface area contributed by atoms with Crippen molar-refractivity contribution in [1.29, 1.82) is 0 Å². The number of hydrogen-bond acceptors (Lipinski definition) is 4. The van der Waals surface area contributed by atoms with Gasteiger partial charge in [0.15, 0.2) is 0 Å². The smallest absolute Gasteiger partial charge is 0.243 e. The van der Waals surface area contributed by atoms with E-state index in [4.69, 9.17) is 16.3 Å². The maximum absolute atomic E-state index is 12.9. The second-order valence-electron chi connectivity index (χ2n) is 7.62. The molecule has 1 saturated heterocycles. The van der Waals surface area contributed by atoms with E-state index in [0.717, 1.165) is 16.9 Å². The summed E-state index contributed by atoms with van der Waals surface area (Å²) in [6, 6.07) is 12.1. The summed E-state index contributed by atoms with van der Waals surface area (Å²) in [5.41, 5.74) is 2.25. The standard InChI is InChI=1S/C22H27ClN2O4S/c1-16-12-17(2)14-20(13-16)29-11-9-24-22(26)18-4-3-10-25(15-18)30(27,28)21-7-5-19(23)6-8-21/h5-8,12-14,18H,3-4,9-11,15H2,1-2H3,(H,24,26)/t18-/m1/s1. The highest BCUT2D eigenvalue weighted by atomic mass is 35.5. The molecule has 1 N–H and O–H groups in total. The van der Waals surface area contributed by atoms with Gasteiger partial charge < -0.3 is 10.1 Å². The second-order valence-corrected chi connectivity index (χ2v) is 9.99. The second kappa shape index (κ2) is 9.81. The largest absolute Gasteiger partial charge is 0.492 e. The first-order valence-corrected chi connectivity index (χ1v) is 11.8. The van der Waals surface area contributed by atoms with Crippen molar-refractivity contribution in [1.82, 2.24) is 9.62 Å². The van der Waals surface area contributed by atoms with Gasteiger partial charge in [-0.3, -0.25) is 4.79 Å². The lowest BCUT2D eigenvalue weighted by Gasteiger charge is -2.31. The number of nitrogens with zero attached hydrogens (tertiary/aromatic N) is 1. The number of benzene rings is 2. The molecule has 162 valence electrons. The van der Waals surface area contributed by atoms with Crippen LogP contribution in [0.3, 0.4) is 0 Å². The van der Waals surface area contributed by atoms with Gasteiger partial charge in [-0.05, 0) is 74.2 Å². The fourth-order valence-electron chi connectivity index (χ4n) is 3.63. The first kappa shape index (κ1) is 22.6. The number of carbonyl (C=O) groups is 1. The first-order valence-electron chi connectivity index (χ1n) is 10.0. The quantitative estimate of drug-likeness (QED) is 0.654. The van der Waals surface area contributed by atoms with E-state index in [-0.39, 0.29) is 23.3 Å². The first-order chi connectivity index (χ1) is 14.3. The van der Waals surface area contributed by atoms with Crippen LogP contribution in [0.1, 0.15) is 24.0 Å². The maximum Gasteiger partial charge on any atom is 0.243 e. The van der Waals surface area contributed by atoms with E-state index in [2.05, 4.69) is 11.4 Å². The van der Waals surface area contributed by atoms with Crippen molar-refractivity contribution in [3.8, 4) is 5.75 Å². The molecule has 0 radical (unpaired) electrons. The molecule has 8 heteroatoms. The van der Waals surface area contributed by atoms with Crippen LogP contribution in [0.4, 0.5) is 0 Å². The predicted octanol–water partition coefficient (Wildman–Crippen LogP) is 3.55. The number of carbonyl (C=O) groups excluding carboxylic acids is 1. The molecule has 0 spiro atoms. The lowest BCUT2D eigenvalue weighted by molar-refractivity contribution is -0.126. The van der Waals surface area contributed by atoms with Gasteiger partial charge in [-0.1, -0.05) is 17.7 Å². The number of amides is 1. The number of halogens is 1. The number of rotatable bonds is 7. The fraction of sp³-hybridized carbons (Fsp3) is 0.409. The average molecular weight is 451 g/mol. The minimum absolute atomic E-state index is 0.143. The molecule has 1 aliphatic heterocycles. The van der Waals surface area contributed by atoms with Gasteiger partial charge in [-0.15, -0.1) is 0 Å². The topological polar surface area (TPSA) is 75.7 Å². The van der Waals surface area contributed by atoms with E-state index >= 15 is 0 Å². The number of piperidine rings is 1. The van der Waals surface area contributed by atoms with Gasteiger partial charge in [0.05, 0.1) is 17.4 Å². The van der Waals surface area contributed by atoms with Gasteiger partial charge in [0.25, 0.3) is 0 Å². The summed E-state index contributed by atoms with van der Waals surface area (Å²) in [6.45, 7) is 5.32. The van der Waals surface area contributed by atoms with E-state index in [9.17, 15) is 13.2 Å². The SMILES string of the molecule is Cc1cc(C)cc(OCCNC(=O)[C@@H]2CCCN(S(=O)(=O)c3ccc(Cl)cc3)C2)c1. The van der Waals surface area contributed by atoms with Crippen molar-refractivity contribution in [2.45, 2.75) is 31.6 Å². The zero-order valence-electron chi connectivity index (χ0n) is 17.2. The highest BCUT2D eigenvalue weighted by Gasteiger charge is 2.33. The van der Waals surface area contributed by atoms with Crippen molar-refractivity contribution in [3.63, 3.8) is 0 Å². The molecule has 6 nitrogen and oxygen atoms in total. The predicted molar refractivity (Wildman–Crippen MR) is 117 cm³/mol. The molecular weight excluding hydrogens is 424 g/mol. The van der Waals surface area contributed by atoms with Crippen LogP contribution in [-0.2, 0) is 14.8 Å². The summed E-state index contributed by atoms with van der Waals surface area (Å²) in [6.07, 6.45) is 1.31. The zero-order chi connectivity index (χ0) is 21.7. The summed E-state index contributed by atoms with van der Waals surface area (Å²) in [4.78, 5) is 12.8. The van der Waals surface area contributed by atoms with Crippen molar-refractivity contribution >= 4 is 27.5 Å². The summed E-state index contributed by atoms with van der Waals surface area (Å²) in [5.74, 6) is 0.261. The molecule has 3 rings (SSSR count). The van der Waals surface area contributed by atoms with Crippen molar-refractivity contribution < 1.29 is 17.9 Å². The van der Waals surface area contributed by atoms with Crippen LogP contribution in [0.5, 0.6) is 5.75 Å². The van der Waals surface area contributed by atoms with Crippen molar-refractivity contribution in [2.24, 2.45) is 5.92 Å². The number of hydrogen-bond donors (Lipinski definition) is 1. The Morgan fingerprint density at radius 3 is 2.50 bits per heavy atom. The van der Waals surface area contributed by atoms with Crippen LogP contribution >= 0.6 is 11.6 Å². The lowest BCUT2D eigenvalue weighted by atomic mass is 9.99. The Hall–Kier alpha value is -2.09. The third-order valence-corrected chi connectivity index (χ3v) is 7.20. The van der Waals surface area contributed by atoms with E-state index in [1.165, 1.54) is 16.4 Å². The van der Waals surface area contributed by atoms with Gasteiger partial charge in [0.1, 0.15) is 12.4 Å². The average Bonchev–Trinajstić information content (AvgIpc) is 2.71. The van der Waals surface area contributed by atoms with E-state index in [1.54, 1.807) is 12.1 Å². The Balaban J connectivity index is 1.52. The minimum Gasteiger partial charge on any atom is -0.492 e. The molecule has 0 unspecified atom stereocenters. The number of sulfonamides is 1. The molecule has 1 amide bonds. The highest BCUT2D eigenvalue weighted by molar-refractivity contribution is 7.89. The summed E-state index contributed by atoms with van der Waals surface area (Å²) in [5, 5.41) is 3.35. The van der Waals surface area contributed by atoms with Crippen LogP contribution in [0.25, 0.3) is 0 Å². The van der Waals surface area contributed by atoms with E-state index < -0.39 is 10.0 Å². The Morgan fingerprint density at radius 1 is 1.17 bits per heavy atom. The molecule has 1 atom stereocenters. The summed E-state index contributed by atoms with van der Waals surface area (Å²) < 4.78 is 32.8. The summed E-state index contributed by atoms with van der Waals surface area (Å²) in [7, 11) is -3.64. The molecule has 0 bridgehead atoms. The van der Waals surface area contributed by atoms with Crippen LogP contribution < -0.4 is 10.1 Å². The summed E-state index contributed by atoms with van der Waals surface area (Å²) >= 11 is 5.86. The molecule has 2 aromatic rings. The monoisotopic (exact) mass is 450 g/mol. The molecule has 1 heterocycles. The van der Waals surface area contributed by atoms with Gasteiger partial charge in [-0.2, -0.15) is 4.31 Å². The van der Waals surface area contributed by atoms with Gasteiger partial charge >= 0.3 is 0 Å². The highest BCUT2D eigenvalue weighted by Crippen LogP contribution is 2.25. The zero-order valence-corrected chi connectivity index (χ0v) is 18.8. The third-order valence-electron chi connectivity index (χ3n) is 5.07. The molecule has 0 aliphatic carbocycles. The lowest BCUT2D eigenvalue weighted by Crippen LogP contribution is -2.45. The number of aryl methyl sites for hydroxylation is 2. The Labute approximate surface area is 183 Å². The molecular formula is C22H27ClN2O4S. The van der Waals surface area contributed by atoms with Crippen LogP contribution in [0, 0.1) is 19.8 Å². The van der Waals surface area contributed by atoms with E-state index in [1.807, 2.05) is 26.0 Å². The normalized spacial score (nSPS) is 17.5. The molecule has 0 saturated carbocycles. The van der Waals surface area contributed by atoms with Gasteiger partial charge in [-0.25, -0.2) is 8.42 Å². The number of ether oxygens (including phenoxy) is 1. The Bertz CT molecular complexity index is 972. The molecule has 0 aromatic heterocycles. The van der Waals surface area contributed by atoms with Crippen molar-refractivity contribution in [3.05, 3.63) is 58.6 Å². The van der Waals surface area contributed by atoms with Crippen molar-refractivity contribution in [2.75, 3.05) is 26.2 Å². The van der Waals surface area contributed by atoms with Crippen LogP contribution in [0.15, 0.2) is 47.4 Å². The maximum atomic E-state index is 12.9. The molecule has 30 heavy (non-hydrogen) atoms. The molecule has 1 fully saturated rings. The Morgan fingerprint density at radius 2 is 1.83 bits per heavy atom. The Kier molecular flexibility index (Phi) is 7.39. The van der Waals surface area contributed by atoms with Gasteiger partial charge in [0, 0.05) is 18.1 Å².